The number of fused-ring (bicyclic) bond motifs is 2. The van der Waals surface area contributed by atoms with E-state index < -0.39 is 0 Å². The van der Waals surface area contributed by atoms with Gasteiger partial charge in [0.2, 0.25) is 0 Å². The molecule has 0 saturated heterocycles. The molecule has 1 atom stereocenters. The molecule has 2 aliphatic rings. The van der Waals surface area contributed by atoms with Crippen LogP contribution >= 0.6 is 23.6 Å². The second-order valence-electron chi connectivity index (χ2n) is 4.75. The Hall–Kier alpha value is -1.98. The molecule has 1 aliphatic carbocycles. The number of carbonyl (C=O) groups is 1. The molecule has 4 rings (SSSR count). The van der Waals surface area contributed by atoms with E-state index in [4.69, 9.17) is 12.2 Å². The van der Waals surface area contributed by atoms with Crippen molar-refractivity contribution >= 4 is 40.1 Å². The fraction of sp³-hybridized carbons (Fsp3) is 0.0667. The fourth-order valence-corrected chi connectivity index (χ4v) is 3.66. The number of nitrogens with one attached hydrogen (secondary N) is 2. The third-order valence-corrected chi connectivity index (χ3v) is 4.56. The van der Waals surface area contributed by atoms with Crippen molar-refractivity contribution in [2.75, 3.05) is 0 Å². The van der Waals surface area contributed by atoms with E-state index in [9.17, 15) is 4.79 Å². The number of ketones is 1. The molecule has 0 spiro atoms. The van der Waals surface area contributed by atoms with Gasteiger partial charge in [-0.15, -0.1) is 0 Å². The van der Waals surface area contributed by atoms with Crippen LogP contribution in [-0.2, 0) is 0 Å². The Morgan fingerprint density at radius 1 is 1.15 bits per heavy atom. The molecule has 20 heavy (non-hydrogen) atoms. The highest BCUT2D eigenvalue weighted by Gasteiger charge is 2.38. The van der Waals surface area contributed by atoms with E-state index in [2.05, 4.69) is 10.6 Å². The summed E-state index contributed by atoms with van der Waals surface area (Å²) >= 11 is 6.90. The second kappa shape index (κ2) is 4.26. The van der Waals surface area contributed by atoms with E-state index in [0.717, 1.165) is 28.0 Å². The molecule has 0 radical (unpaired) electrons. The van der Waals surface area contributed by atoms with Crippen LogP contribution in [0.5, 0.6) is 0 Å². The summed E-state index contributed by atoms with van der Waals surface area (Å²) in [5.41, 5.74) is 4.38. The van der Waals surface area contributed by atoms with Gasteiger partial charge in [0.25, 0.3) is 0 Å². The summed E-state index contributed by atoms with van der Waals surface area (Å²) in [6, 6.07) is 9.52. The number of thiophene rings is 1. The number of thiocarbonyl (C=S) groups is 1. The van der Waals surface area contributed by atoms with Crippen LogP contribution in [0.4, 0.5) is 0 Å². The smallest absolute Gasteiger partial charge is 0.194 e. The SMILES string of the molecule is O=C1C2=C(NC(=S)NC2c2ccsc2)c2ccccc21. The van der Waals surface area contributed by atoms with Crippen LogP contribution in [0.1, 0.15) is 27.5 Å². The van der Waals surface area contributed by atoms with Crippen LogP contribution in [0, 0.1) is 0 Å². The van der Waals surface area contributed by atoms with Gasteiger partial charge in [0, 0.05) is 11.1 Å². The van der Waals surface area contributed by atoms with E-state index in [1.54, 1.807) is 11.3 Å². The maximum atomic E-state index is 12.7. The molecule has 2 heterocycles. The number of carbonyl (C=O) groups excluding carboxylic acids is 1. The van der Waals surface area contributed by atoms with E-state index in [1.807, 2.05) is 41.1 Å². The van der Waals surface area contributed by atoms with Crippen molar-refractivity contribution < 1.29 is 4.79 Å². The van der Waals surface area contributed by atoms with Gasteiger partial charge in [-0.05, 0) is 34.6 Å². The molecule has 5 heteroatoms. The largest absolute Gasteiger partial charge is 0.351 e. The first kappa shape index (κ1) is 11.8. The molecule has 0 fully saturated rings. The van der Waals surface area contributed by atoms with Crippen molar-refractivity contribution in [2.24, 2.45) is 0 Å². The number of benzene rings is 1. The molecule has 2 N–H and O–H groups in total. The Bertz CT molecular complexity index is 762. The van der Waals surface area contributed by atoms with Crippen LogP contribution in [0.15, 0.2) is 46.7 Å². The lowest BCUT2D eigenvalue weighted by atomic mass is 9.96. The second-order valence-corrected chi connectivity index (χ2v) is 5.94. The zero-order valence-electron chi connectivity index (χ0n) is 10.3. The summed E-state index contributed by atoms with van der Waals surface area (Å²) in [6.45, 7) is 0. The van der Waals surface area contributed by atoms with Crippen LogP contribution in [0.3, 0.4) is 0 Å². The Kier molecular flexibility index (Phi) is 2.52. The predicted molar refractivity (Wildman–Crippen MR) is 83.6 cm³/mol. The first-order valence-corrected chi connectivity index (χ1v) is 7.58. The first-order valence-electron chi connectivity index (χ1n) is 6.23. The Morgan fingerprint density at radius 3 is 2.70 bits per heavy atom. The third kappa shape index (κ3) is 1.57. The monoisotopic (exact) mass is 298 g/mol. The summed E-state index contributed by atoms with van der Waals surface area (Å²) in [5.74, 6) is 0.0781. The minimum absolute atomic E-state index is 0.0781. The molecular formula is C15H10N2OS2. The maximum Gasteiger partial charge on any atom is 0.194 e. The van der Waals surface area contributed by atoms with Gasteiger partial charge in [-0.2, -0.15) is 11.3 Å². The summed E-state index contributed by atoms with van der Waals surface area (Å²) in [7, 11) is 0. The molecule has 98 valence electrons. The minimum atomic E-state index is -0.162. The molecular weight excluding hydrogens is 288 g/mol. The number of rotatable bonds is 1. The third-order valence-electron chi connectivity index (χ3n) is 3.63. The van der Waals surface area contributed by atoms with Gasteiger partial charge in [0.1, 0.15) is 0 Å². The van der Waals surface area contributed by atoms with E-state index in [-0.39, 0.29) is 11.8 Å². The highest BCUT2D eigenvalue weighted by molar-refractivity contribution is 7.80. The van der Waals surface area contributed by atoms with Gasteiger partial charge >= 0.3 is 0 Å². The average Bonchev–Trinajstić information content (AvgIpc) is 3.07. The van der Waals surface area contributed by atoms with Crippen molar-refractivity contribution in [1.29, 1.82) is 0 Å². The lowest BCUT2D eigenvalue weighted by Gasteiger charge is -2.27. The molecule has 2 aromatic rings. The maximum absolute atomic E-state index is 12.7. The van der Waals surface area contributed by atoms with E-state index in [0.29, 0.717) is 5.11 Å². The summed E-state index contributed by atoms with van der Waals surface area (Å²) in [6.07, 6.45) is 0. The highest BCUT2D eigenvalue weighted by Crippen LogP contribution is 2.40. The van der Waals surface area contributed by atoms with Crippen LogP contribution < -0.4 is 10.6 Å². The predicted octanol–water partition coefficient (Wildman–Crippen LogP) is 2.87. The van der Waals surface area contributed by atoms with Gasteiger partial charge in [-0.25, -0.2) is 0 Å². The number of hydrogen-bond donors (Lipinski definition) is 2. The zero-order valence-corrected chi connectivity index (χ0v) is 12.0. The standard InChI is InChI=1S/C15H10N2OS2/c18-14-10-4-2-1-3-9(10)13-11(14)12(16-15(19)17-13)8-5-6-20-7-8/h1-7,12H,(H2,16,17,19). The van der Waals surface area contributed by atoms with Crippen LogP contribution in [0.25, 0.3) is 5.70 Å². The zero-order chi connectivity index (χ0) is 13.7. The molecule has 0 amide bonds. The van der Waals surface area contributed by atoms with Crippen LogP contribution in [-0.4, -0.2) is 10.9 Å². The van der Waals surface area contributed by atoms with Crippen molar-refractivity contribution in [3.8, 4) is 0 Å². The number of hydrogen-bond acceptors (Lipinski definition) is 3. The van der Waals surface area contributed by atoms with Crippen molar-refractivity contribution in [3.63, 3.8) is 0 Å². The van der Waals surface area contributed by atoms with Gasteiger partial charge < -0.3 is 10.6 Å². The molecule has 1 unspecified atom stereocenters. The lowest BCUT2D eigenvalue weighted by molar-refractivity contribution is 0.103. The van der Waals surface area contributed by atoms with Gasteiger partial charge in [0.15, 0.2) is 10.9 Å². The lowest BCUT2D eigenvalue weighted by Crippen LogP contribution is -2.43. The Balaban J connectivity index is 1.92. The Labute approximate surface area is 125 Å². The topological polar surface area (TPSA) is 41.1 Å². The molecule has 1 aromatic carbocycles. The van der Waals surface area contributed by atoms with Gasteiger partial charge in [-0.1, -0.05) is 24.3 Å². The van der Waals surface area contributed by atoms with Crippen molar-refractivity contribution in [2.45, 2.75) is 6.04 Å². The summed E-state index contributed by atoms with van der Waals surface area (Å²) < 4.78 is 0. The summed E-state index contributed by atoms with van der Waals surface area (Å²) in [5, 5.41) is 11.0. The van der Waals surface area contributed by atoms with E-state index in [1.165, 1.54) is 0 Å². The molecule has 1 aliphatic heterocycles. The van der Waals surface area contributed by atoms with Crippen molar-refractivity contribution in [3.05, 3.63) is 63.4 Å². The molecule has 0 saturated carbocycles. The van der Waals surface area contributed by atoms with Gasteiger partial charge in [0.05, 0.1) is 17.3 Å². The van der Waals surface area contributed by atoms with E-state index >= 15 is 0 Å². The first-order chi connectivity index (χ1) is 9.75. The number of Topliss-reactive ketones (excluding diaryl/α,β-unsaturated/α-hetero) is 1. The van der Waals surface area contributed by atoms with Crippen LogP contribution in [0.2, 0.25) is 0 Å². The average molecular weight is 298 g/mol. The highest BCUT2D eigenvalue weighted by atomic mass is 32.1. The molecule has 3 nitrogen and oxygen atoms in total. The Morgan fingerprint density at radius 2 is 1.95 bits per heavy atom. The molecule has 0 bridgehead atoms. The summed E-state index contributed by atoms with van der Waals surface area (Å²) in [4.78, 5) is 12.7. The van der Waals surface area contributed by atoms with Gasteiger partial charge in [-0.3, -0.25) is 4.79 Å². The molecule has 1 aromatic heterocycles. The minimum Gasteiger partial charge on any atom is -0.351 e. The fourth-order valence-electron chi connectivity index (χ4n) is 2.76. The van der Waals surface area contributed by atoms with Crippen molar-refractivity contribution in [1.82, 2.24) is 10.6 Å². The quantitative estimate of drug-likeness (QED) is 0.794. The normalized spacial score (nSPS) is 20.3.